The van der Waals surface area contributed by atoms with Gasteiger partial charge in [0, 0.05) is 0 Å². The number of unbranched alkanes of at least 4 members (excludes halogenated alkanes) is 4. The molecule has 0 N–H and O–H groups in total. The minimum Gasteiger partial charge on any atom is -0.165 e. The fourth-order valence-corrected chi connectivity index (χ4v) is 1.38. The third-order valence-corrected chi connectivity index (χ3v) is 2.20. The quantitative estimate of drug-likeness (QED) is 0.404. The molecule has 0 saturated carbocycles. The van der Waals surface area contributed by atoms with Gasteiger partial charge in [0.25, 0.3) is 0 Å². The molecule has 0 heterocycles. The van der Waals surface area contributed by atoms with Crippen LogP contribution in [0.25, 0.3) is 0 Å². The Morgan fingerprint density at radius 2 is 1.90 bits per heavy atom. The van der Waals surface area contributed by atoms with E-state index in [9.17, 15) is 0 Å². The fraction of sp³-hybridized carbons (Fsp3) is 0.778. The SMILES string of the molecule is C=CCCCCCCSC. The van der Waals surface area contributed by atoms with Gasteiger partial charge in [0.2, 0.25) is 0 Å². The van der Waals surface area contributed by atoms with E-state index in [1.807, 2.05) is 17.8 Å². The van der Waals surface area contributed by atoms with Crippen molar-refractivity contribution >= 4 is 11.8 Å². The van der Waals surface area contributed by atoms with E-state index in [-0.39, 0.29) is 0 Å². The van der Waals surface area contributed by atoms with Crippen molar-refractivity contribution in [3.8, 4) is 0 Å². The van der Waals surface area contributed by atoms with Crippen LogP contribution in [0.4, 0.5) is 0 Å². The van der Waals surface area contributed by atoms with Crippen LogP contribution in [0.5, 0.6) is 0 Å². The van der Waals surface area contributed by atoms with Crippen molar-refractivity contribution in [3.05, 3.63) is 12.7 Å². The van der Waals surface area contributed by atoms with E-state index < -0.39 is 0 Å². The first-order valence-electron chi connectivity index (χ1n) is 4.01. The van der Waals surface area contributed by atoms with Crippen LogP contribution < -0.4 is 0 Å². The molecular formula is C9H18S. The standard InChI is InChI=1S/C9H18S/c1-3-4-5-6-7-8-9-10-2/h3H,1,4-9H2,2H3. The molecule has 0 amide bonds. The third kappa shape index (κ3) is 8.09. The number of thioether (sulfide) groups is 1. The first-order valence-corrected chi connectivity index (χ1v) is 5.41. The summed E-state index contributed by atoms with van der Waals surface area (Å²) in [6.45, 7) is 3.69. The second-order valence-corrected chi connectivity index (χ2v) is 3.47. The predicted octanol–water partition coefficient (Wildman–Crippen LogP) is 3.49. The van der Waals surface area contributed by atoms with Crippen LogP contribution in [0.3, 0.4) is 0 Å². The van der Waals surface area contributed by atoms with Crippen LogP contribution in [0, 0.1) is 0 Å². The highest BCUT2D eigenvalue weighted by atomic mass is 32.2. The molecule has 0 aromatic carbocycles. The van der Waals surface area contributed by atoms with E-state index in [4.69, 9.17) is 0 Å². The molecule has 0 fully saturated rings. The molecule has 0 atom stereocenters. The summed E-state index contributed by atoms with van der Waals surface area (Å²) in [5, 5.41) is 0. The Morgan fingerprint density at radius 3 is 2.50 bits per heavy atom. The molecule has 10 heavy (non-hydrogen) atoms. The van der Waals surface area contributed by atoms with Gasteiger partial charge >= 0.3 is 0 Å². The summed E-state index contributed by atoms with van der Waals surface area (Å²) in [7, 11) is 0. The van der Waals surface area contributed by atoms with Crippen molar-refractivity contribution in [2.24, 2.45) is 0 Å². The van der Waals surface area contributed by atoms with Crippen molar-refractivity contribution in [1.82, 2.24) is 0 Å². The summed E-state index contributed by atoms with van der Waals surface area (Å²) in [4.78, 5) is 0. The van der Waals surface area contributed by atoms with Crippen LogP contribution in [-0.4, -0.2) is 12.0 Å². The van der Waals surface area contributed by atoms with Gasteiger partial charge in [0.15, 0.2) is 0 Å². The average molecular weight is 158 g/mol. The lowest BCUT2D eigenvalue weighted by molar-refractivity contribution is 0.679. The predicted molar refractivity (Wildman–Crippen MR) is 51.7 cm³/mol. The Hall–Kier alpha value is 0.0900. The molecule has 0 aliphatic rings. The van der Waals surface area contributed by atoms with E-state index in [0.717, 1.165) is 0 Å². The summed E-state index contributed by atoms with van der Waals surface area (Å²) in [6, 6.07) is 0. The van der Waals surface area contributed by atoms with Crippen molar-refractivity contribution in [2.45, 2.75) is 32.1 Å². The van der Waals surface area contributed by atoms with E-state index in [0.29, 0.717) is 0 Å². The lowest BCUT2D eigenvalue weighted by atomic mass is 10.2. The molecule has 0 radical (unpaired) electrons. The van der Waals surface area contributed by atoms with Crippen molar-refractivity contribution in [3.63, 3.8) is 0 Å². The fourth-order valence-electron chi connectivity index (χ4n) is 0.889. The Bertz CT molecular complexity index is 69.1. The molecule has 0 rings (SSSR count). The maximum absolute atomic E-state index is 3.69. The minimum absolute atomic E-state index is 1.19. The molecular weight excluding hydrogens is 140 g/mol. The van der Waals surface area contributed by atoms with Crippen molar-refractivity contribution in [2.75, 3.05) is 12.0 Å². The van der Waals surface area contributed by atoms with Crippen molar-refractivity contribution < 1.29 is 0 Å². The third-order valence-electron chi connectivity index (χ3n) is 1.51. The second-order valence-electron chi connectivity index (χ2n) is 2.48. The van der Waals surface area contributed by atoms with Gasteiger partial charge in [-0.05, 0) is 31.3 Å². The first-order chi connectivity index (χ1) is 4.91. The molecule has 0 saturated heterocycles. The Labute approximate surface area is 69.1 Å². The van der Waals surface area contributed by atoms with E-state index >= 15 is 0 Å². The monoisotopic (exact) mass is 158 g/mol. The maximum atomic E-state index is 3.69. The van der Waals surface area contributed by atoms with Gasteiger partial charge in [0.05, 0.1) is 0 Å². The van der Waals surface area contributed by atoms with Crippen LogP contribution in [0.15, 0.2) is 12.7 Å². The van der Waals surface area contributed by atoms with Gasteiger partial charge in [0.1, 0.15) is 0 Å². The van der Waals surface area contributed by atoms with Gasteiger partial charge in [-0.2, -0.15) is 11.8 Å². The van der Waals surface area contributed by atoms with Crippen molar-refractivity contribution in [1.29, 1.82) is 0 Å². The van der Waals surface area contributed by atoms with Gasteiger partial charge in [-0.15, -0.1) is 6.58 Å². The minimum atomic E-state index is 1.19. The molecule has 0 spiro atoms. The normalized spacial score (nSPS) is 9.70. The van der Waals surface area contributed by atoms with Gasteiger partial charge in [-0.25, -0.2) is 0 Å². The maximum Gasteiger partial charge on any atom is -0.00703 e. The Balaban J connectivity index is 2.70. The summed E-state index contributed by atoms with van der Waals surface area (Å²) < 4.78 is 0. The lowest BCUT2D eigenvalue weighted by Crippen LogP contribution is -1.79. The van der Waals surface area contributed by atoms with E-state index in [1.54, 1.807) is 0 Å². The Kier molecular flexibility index (Phi) is 9.17. The molecule has 0 aromatic heterocycles. The zero-order valence-corrected chi connectivity index (χ0v) is 7.75. The topological polar surface area (TPSA) is 0 Å². The zero-order valence-electron chi connectivity index (χ0n) is 6.94. The highest BCUT2D eigenvalue weighted by molar-refractivity contribution is 7.98. The number of hydrogen-bond acceptors (Lipinski definition) is 1. The number of rotatable bonds is 7. The summed E-state index contributed by atoms with van der Waals surface area (Å²) in [5.74, 6) is 1.33. The molecule has 0 aliphatic heterocycles. The van der Waals surface area contributed by atoms with Crippen LogP contribution >= 0.6 is 11.8 Å². The zero-order chi connectivity index (χ0) is 7.66. The van der Waals surface area contributed by atoms with E-state index in [1.165, 1.54) is 37.9 Å². The summed E-state index contributed by atoms with van der Waals surface area (Å²) >= 11 is 1.95. The Morgan fingerprint density at radius 1 is 1.20 bits per heavy atom. The van der Waals surface area contributed by atoms with Crippen LogP contribution in [-0.2, 0) is 0 Å². The largest absolute Gasteiger partial charge is 0.165 e. The molecule has 0 nitrogen and oxygen atoms in total. The smallest absolute Gasteiger partial charge is 0.00703 e. The van der Waals surface area contributed by atoms with Gasteiger partial charge < -0.3 is 0 Å². The molecule has 60 valence electrons. The molecule has 0 unspecified atom stereocenters. The molecule has 0 aliphatic carbocycles. The lowest BCUT2D eigenvalue weighted by Gasteiger charge is -1.96. The van der Waals surface area contributed by atoms with E-state index in [2.05, 4.69) is 12.8 Å². The summed E-state index contributed by atoms with van der Waals surface area (Å²) in [6.07, 6.45) is 10.9. The second kappa shape index (κ2) is 9.09. The van der Waals surface area contributed by atoms with Crippen LogP contribution in [0.1, 0.15) is 32.1 Å². The van der Waals surface area contributed by atoms with Gasteiger partial charge in [-0.3, -0.25) is 0 Å². The van der Waals surface area contributed by atoms with Crippen LogP contribution in [0.2, 0.25) is 0 Å². The molecule has 0 bridgehead atoms. The number of hydrogen-bond donors (Lipinski definition) is 0. The molecule has 1 heteroatoms. The van der Waals surface area contributed by atoms with Gasteiger partial charge in [-0.1, -0.05) is 18.9 Å². The summed E-state index contributed by atoms with van der Waals surface area (Å²) in [5.41, 5.74) is 0. The highest BCUT2D eigenvalue weighted by Crippen LogP contribution is 2.06. The first kappa shape index (κ1) is 10.1. The molecule has 0 aromatic rings. The number of allylic oxidation sites excluding steroid dienone is 1. The highest BCUT2D eigenvalue weighted by Gasteiger charge is 1.86. The average Bonchev–Trinajstić information content (AvgIpc) is 1.97.